The minimum Gasteiger partial charge on any atom is -0.315 e. The molecule has 0 unspecified atom stereocenters. The topological polar surface area (TPSA) is 51.0 Å². The highest BCUT2D eigenvalue weighted by atomic mass is 32.2. The summed E-state index contributed by atoms with van der Waals surface area (Å²) in [5.74, 6) is 0.789. The number of nitrogens with zero attached hydrogens (tertiary/aromatic N) is 4. The molecular weight excluding hydrogens is 260 g/mol. The van der Waals surface area contributed by atoms with Crippen molar-refractivity contribution in [3.05, 3.63) is 43.8 Å². The second-order valence-electron chi connectivity index (χ2n) is 3.62. The van der Waals surface area contributed by atoms with Gasteiger partial charge in [-0.25, -0.2) is 9.78 Å². The predicted octanol–water partition coefficient (Wildman–Crippen LogP) is 2.59. The maximum absolute atomic E-state index is 12.1. The zero-order valence-electron chi connectivity index (χ0n) is 11.0. The number of allylic oxidation sites excluding steroid dienone is 1. The van der Waals surface area contributed by atoms with Crippen molar-refractivity contribution < 1.29 is 4.79 Å². The van der Waals surface area contributed by atoms with Crippen LogP contribution in [-0.2, 0) is 0 Å². The van der Waals surface area contributed by atoms with Gasteiger partial charge in [-0.05, 0) is 6.92 Å². The van der Waals surface area contributed by atoms with Crippen molar-refractivity contribution in [3.63, 3.8) is 0 Å². The fourth-order valence-corrected chi connectivity index (χ4v) is 2.02. The Labute approximate surface area is 117 Å². The van der Waals surface area contributed by atoms with Crippen LogP contribution in [-0.4, -0.2) is 44.5 Å². The second kappa shape index (κ2) is 8.31. The highest BCUT2D eigenvalue weighted by molar-refractivity contribution is 7.99. The molecule has 0 bridgehead atoms. The van der Waals surface area contributed by atoms with Crippen molar-refractivity contribution in [2.24, 2.45) is 0 Å². The fraction of sp³-hybridized carbons (Fsp3) is 0.308. The monoisotopic (exact) mass is 278 g/mol. The number of amides is 1. The van der Waals surface area contributed by atoms with Crippen LogP contribution in [0.1, 0.15) is 6.92 Å². The summed E-state index contributed by atoms with van der Waals surface area (Å²) in [7, 11) is 0. The van der Waals surface area contributed by atoms with Gasteiger partial charge in [-0.15, -0.1) is 18.3 Å². The van der Waals surface area contributed by atoms with E-state index in [0.29, 0.717) is 18.2 Å². The molecule has 1 amide bonds. The lowest BCUT2D eigenvalue weighted by Crippen LogP contribution is -2.35. The van der Waals surface area contributed by atoms with Crippen molar-refractivity contribution in [1.29, 1.82) is 0 Å². The third kappa shape index (κ3) is 4.75. The molecule has 0 aliphatic carbocycles. The highest BCUT2D eigenvalue weighted by Gasteiger charge is 2.14. The largest absolute Gasteiger partial charge is 0.346 e. The normalized spacial score (nSPS) is 10.6. The van der Waals surface area contributed by atoms with E-state index in [4.69, 9.17) is 0 Å². The zero-order chi connectivity index (χ0) is 14.1. The van der Waals surface area contributed by atoms with Crippen LogP contribution in [0, 0.1) is 0 Å². The van der Waals surface area contributed by atoms with E-state index in [1.807, 2.05) is 19.1 Å². The Morgan fingerprint density at radius 3 is 2.74 bits per heavy atom. The van der Waals surface area contributed by atoms with E-state index >= 15 is 0 Å². The summed E-state index contributed by atoms with van der Waals surface area (Å²) in [6.07, 6.45) is 8.74. The van der Waals surface area contributed by atoms with Crippen molar-refractivity contribution in [3.8, 4) is 0 Å². The molecule has 0 radical (unpaired) electrons. The van der Waals surface area contributed by atoms with E-state index in [1.54, 1.807) is 17.1 Å². The molecule has 0 aliphatic rings. The Hall–Kier alpha value is -1.82. The van der Waals surface area contributed by atoms with Gasteiger partial charge in [-0.3, -0.25) is 0 Å². The molecule has 0 aromatic carbocycles. The van der Waals surface area contributed by atoms with Gasteiger partial charge in [0, 0.05) is 18.8 Å². The molecule has 5 nitrogen and oxygen atoms in total. The summed E-state index contributed by atoms with van der Waals surface area (Å²) in [6.45, 7) is 10.1. The summed E-state index contributed by atoms with van der Waals surface area (Å²) in [5.41, 5.74) is 0. The SMILES string of the molecule is C=CCN(CC=C)C(=O)n1cnc(SC/C=C/C)n1. The van der Waals surface area contributed by atoms with Gasteiger partial charge in [0.05, 0.1) is 0 Å². The summed E-state index contributed by atoms with van der Waals surface area (Å²) >= 11 is 1.48. The lowest BCUT2D eigenvalue weighted by Gasteiger charge is -2.17. The minimum absolute atomic E-state index is 0.231. The molecule has 1 aromatic rings. The number of rotatable bonds is 7. The smallest absolute Gasteiger partial charge is 0.315 e. The average Bonchev–Trinajstić information content (AvgIpc) is 2.87. The molecule has 0 fully saturated rings. The molecule has 1 heterocycles. The first kappa shape index (κ1) is 15.2. The second-order valence-corrected chi connectivity index (χ2v) is 4.60. The van der Waals surface area contributed by atoms with Crippen molar-refractivity contribution in [1.82, 2.24) is 19.7 Å². The Morgan fingerprint density at radius 2 is 2.16 bits per heavy atom. The van der Waals surface area contributed by atoms with Crippen LogP contribution in [0.2, 0.25) is 0 Å². The molecule has 102 valence electrons. The quantitative estimate of drug-likeness (QED) is 0.568. The molecule has 1 rings (SSSR count). The molecule has 0 atom stereocenters. The maximum Gasteiger partial charge on any atom is 0.346 e. The Kier molecular flexibility index (Phi) is 6.67. The standard InChI is InChI=1S/C13H18N4OS/c1-4-7-10-19-12-14-11-17(15-12)13(18)16(8-5-2)9-6-3/h4-7,11H,2-3,8-10H2,1H3/b7-4+. The van der Waals surface area contributed by atoms with Gasteiger partial charge >= 0.3 is 6.03 Å². The first-order valence-corrected chi connectivity index (χ1v) is 6.88. The van der Waals surface area contributed by atoms with Crippen LogP contribution >= 0.6 is 11.8 Å². The van der Waals surface area contributed by atoms with Gasteiger partial charge in [0.2, 0.25) is 5.16 Å². The molecule has 0 N–H and O–H groups in total. The van der Waals surface area contributed by atoms with Gasteiger partial charge in [0.1, 0.15) is 6.33 Å². The number of hydrogen-bond acceptors (Lipinski definition) is 4. The van der Waals surface area contributed by atoms with Gasteiger partial charge < -0.3 is 4.90 Å². The van der Waals surface area contributed by atoms with Crippen molar-refractivity contribution >= 4 is 17.8 Å². The summed E-state index contributed by atoms with van der Waals surface area (Å²) < 4.78 is 1.24. The number of hydrogen-bond donors (Lipinski definition) is 0. The third-order valence-corrected chi connectivity index (χ3v) is 2.99. The molecule has 0 spiro atoms. The van der Waals surface area contributed by atoms with E-state index in [9.17, 15) is 4.79 Å². The van der Waals surface area contributed by atoms with Gasteiger partial charge in [0.25, 0.3) is 0 Å². The summed E-state index contributed by atoms with van der Waals surface area (Å²) in [4.78, 5) is 17.8. The number of aromatic nitrogens is 3. The molecule has 6 heteroatoms. The van der Waals surface area contributed by atoms with Gasteiger partial charge in [-0.1, -0.05) is 36.1 Å². The summed E-state index contributed by atoms with van der Waals surface area (Å²) in [5, 5.41) is 4.73. The predicted molar refractivity (Wildman–Crippen MR) is 78.3 cm³/mol. The Balaban J connectivity index is 2.69. The minimum atomic E-state index is -0.231. The lowest BCUT2D eigenvalue weighted by atomic mass is 10.5. The third-order valence-electron chi connectivity index (χ3n) is 2.18. The molecular formula is C13H18N4OS. The van der Waals surface area contributed by atoms with Crippen LogP contribution in [0.5, 0.6) is 0 Å². The Bertz CT molecular complexity index is 457. The molecule has 1 aromatic heterocycles. The van der Waals surface area contributed by atoms with E-state index in [0.717, 1.165) is 5.75 Å². The number of thioether (sulfide) groups is 1. The molecule has 0 saturated heterocycles. The Morgan fingerprint density at radius 1 is 1.47 bits per heavy atom. The van der Waals surface area contributed by atoms with E-state index < -0.39 is 0 Å². The summed E-state index contributed by atoms with van der Waals surface area (Å²) in [6, 6.07) is -0.231. The molecule has 0 aliphatic heterocycles. The van der Waals surface area contributed by atoms with Crippen LogP contribution in [0.4, 0.5) is 4.79 Å². The van der Waals surface area contributed by atoms with Gasteiger partial charge in [0.15, 0.2) is 0 Å². The van der Waals surface area contributed by atoms with Gasteiger partial charge in [-0.2, -0.15) is 4.68 Å². The van der Waals surface area contributed by atoms with Crippen molar-refractivity contribution in [2.75, 3.05) is 18.8 Å². The van der Waals surface area contributed by atoms with Crippen LogP contribution in [0.15, 0.2) is 48.9 Å². The van der Waals surface area contributed by atoms with Crippen LogP contribution < -0.4 is 0 Å². The van der Waals surface area contributed by atoms with E-state index in [1.165, 1.54) is 22.8 Å². The first-order valence-electron chi connectivity index (χ1n) is 5.89. The lowest BCUT2D eigenvalue weighted by molar-refractivity contribution is 0.206. The van der Waals surface area contributed by atoms with E-state index in [2.05, 4.69) is 23.2 Å². The average molecular weight is 278 g/mol. The zero-order valence-corrected chi connectivity index (χ0v) is 11.8. The molecule has 19 heavy (non-hydrogen) atoms. The molecule has 0 saturated carbocycles. The number of carbonyl (C=O) groups excluding carboxylic acids is 1. The van der Waals surface area contributed by atoms with Crippen LogP contribution in [0.25, 0.3) is 0 Å². The maximum atomic E-state index is 12.1. The highest BCUT2D eigenvalue weighted by Crippen LogP contribution is 2.11. The fourth-order valence-electron chi connectivity index (χ4n) is 1.31. The number of carbonyl (C=O) groups is 1. The van der Waals surface area contributed by atoms with Crippen LogP contribution in [0.3, 0.4) is 0 Å². The van der Waals surface area contributed by atoms with E-state index in [-0.39, 0.29) is 6.03 Å². The van der Waals surface area contributed by atoms with Crippen molar-refractivity contribution in [2.45, 2.75) is 12.1 Å². The first-order chi connectivity index (χ1) is 9.22.